The Morgan fingerprint density at radius 3 is 2.71 bits per heavy atom. The summed E-state index contributed by atoms with van der Waals surface area (Å²) in [7, 11) is 0. The number of hydrogen-bond acceptors (Lipinski definition) is 3. The number of unbranched alkanes of at least 4 members (excludes halogenated alkanes) is 3. The molecule has 0 amide bonds. The number of carbonyl (C=O) groups excluding carboxylic acids is 1. The minimum absolute atomic E-state index is 0.0303. The van der Waals surface area contributed by atoms with Gasteiger partial charge in [-0.1, -0.05) is 62.9 Å². The summed E-state index contributed by atoms with van der Waals surface area (Å²) in [5.41, 5.74) is 0.862. The summed E-state index contributed by atoms with van der Waals surface area (Å²) in [6.45, 7) is 2.22. The van der Waals surface area contributed by atoms with Crippen molar-refractivity contribution in [2.75, 3.05) is 6.26 Å². The van der Waals surface area contributed by atoms with Crippen LogP contribution in [0.15, 0.2) is 52.7 Å². The van der Waals surface area contributed by atoms with Crippen LogP contribution in [0.1, 0.15) is 54.3 Å². The average molecular weight is 359 g/mol. The number of Topliss-reactive ketones (excluding diaryl/α,β-unsaturated/α-hetero) is 1. The smallest absolute Gasteiger partial charge is 0.170 e. The molecule has 0 radical (unpaired) electrons. The third-order valence-corrected chi connectivity index (χ3v) is 5.75. The van der Waals surface area contributed by atoms with Crippen LogP contribution in [-0.4, -0.2) is 12.0 Å². The van der Waals surface area contributed by atoms with Crippen LogP contribution >= 0.6 is 23.1 Å². The lowest BCUT2D eigenvalue weighted by molar-refractivity contribution is 0.0936. The van der Waals surface area contributed by atoms with Crippen LogP contribution in [0, 0.1) is 5.92 Å². The molecule has 1 aromatic heterocycles. The molecule has 1 unspecified atom stereocenters. The van der Waals surface area contributed by atoms with Crippen LogP contribution in [0.4, 0.5) is 0 Å². The molecule has 0 saturated carbocycles. The van der Waals surface area contributed by atoms with Crippen LogP contribution < -0.4 is 0 Å². The number of benzene rings is 1. The van der Waals surface area contributed by atoms with E-state index < -0.39 is 0 Å². The second-order valence-corrected chi connectivity index (χ2v) is 7.72. The molecule has 1 heterocycles. The molecule has 2 rings (SSSR count). The van der Waals surface area contributed by atoms with E-state index in [-0.39, 0.29) is 11.7 Å². The highest BCUT2D eigenvalue weighted by molar-refractivity contribution is 7.98. The van der Waals surface area contributed by atoms with E-state index in [2.05, 4.69) is 30.5 Å². The molecule has 0 saturated heterocycles. The number of thiophene rings is 1. The summed E-state index contributed by atoms with van der Waals surface area (Å²) in [5, 5.41) is 2.07. The van der Waals surface area contributed by atoms with Crippen LogP contribution in [0.5, 0.6) is 0 Å². The third kappa shape index (κ3) is 5.64. The highest BCUT2D eigenvalue weighted by Gasteiger charge is 2.19. The largest absolute Gasteiger partial charge is 0.293 e. The highest BCUT2D eigenvalue weighted by Crippen LogP contribution is 2.26. The molecule has 0 bridgehead atoms. The summed E-state index contributed by atoms with van der Waals surface area (Å²) < 4.78 is 0. The molecular weight excluding hydrogens is 332 g/mol. The fourth-order valence-corrected chi connectivity index (χ4v) is 3.98. The zero-order chi connectivity index (χ0) is 17.2. The normalized spacial score (nSPS) is 12.6. The number of thioether (sulfide) groups is 1. The van der Waals surface area contributed by atoms with E-state index in [0.717, 1.165) is 23.3 Å². The Morgan fingerprint density at radius 2 is 2.00 bits per heavy atom. The molecule has 0 spiro atoms. The summed E-state index contributed by atoms with van der Waals surface area (Å²) in [6, 6.07) is 12.1. The molecule has 128 valence electrons. The number of rotatable bonds is 10. The maximum absolute atomic E-state index is 13.1. The van der Waals surface area contributed by atoms with Crippen molar-refractivity contribution in [2.24, 2.45) is 5.92 Å². The maximum Gasteiger partial charge on any atom is 0.170 e. The van der Waals surface area contributed by atoms with Gasteiger partial charge in [0.25, 0.3) is 0 Å². The fraction of sp³-hybridized carbons (Fsp3) is 0.381. The van der Waals surface area contributed by atoms with E-state index in [1.165, 1.54) is 24.1 Å². The van der Waals surface area contributed by atoms with Gasteiger partial charge < -0.3 is 0 Å². The molecule has 1 nitrogen and oxygen atoms in total. The van der Waals surface area contributed by atoms with E-state index >= 15 is 0 Å². The lowest BCUT2D eigenvalue weighted by Gasteiger charge is -2.14. The van der Waals surface area contributed by atoms with Gasteiger partial charge in [0.15, 0.2) is 5.78 Å². The second-order valence-electron chi connectivity index (χ2n) is 5.89. The van der Waals surface area contributed by atoms with E-state index in [4.69, 9.17) is 0 Å². The second kappa shape index (κ2) is 10.5. The van der Waals surface area contributed by atoms with Crippen LogP contribution in [-0.2, 0) is 0 Å². The van der Waals surface area contributed by atoms with Crippen LogP contribution in [0.3, 0.4) is 0 Å². The lowest BCUT2D eigenvalue weighted by atomic mass is 9.91. The number of hydrogen-bond donors (Lipinski definition) is 0. The molecular formula is C21H26OS2. The quantitative estimate of drug-likeness (QED) is 0.259. The van der Waals surface area contributed by atoms with Crippen molar-refractivity contribution in [3.63, 3.8) is 0 Å². The minimum atomic E-state index is -0.0303. The van der Waals surface area contributed by atoms with E-state index in [1.807, 2.05) is 36.6 Å². The number of carbonyl (C=O) groups is 1. The van der Waals surface area contributed by atoms with Crippen molar-refractivity contribution in [3.8, 4) is 0 Å². The maximum atomic E-state index is 13.1. The Kier molecular flexibility index (Phi) is 8.34. The summed E-state index contributed by atoms with van der Waals surface area (Å²) in [4.78, 5) is 15.4. The van der Waals surface area contributed by atoms with Crippen molar-refractivity contribution in [1.82, 2.24) is 0 Å². The summed E-state index contributed by atoms with van der Waals surface area (Å²) >= 11 is 3.36. The van der Waals surface area contributed by atoms with Crippen molar-refractivity contribution in [3.05, 3.63) is 58.3 Å². The number of ketones is 1. The van der Waals surface area contributed by atoms with Gasteiger partial charge in [-0.3, -0.25) is 4.79 Å². The van der Waals surface area contributed by atoms with E-state index in [0.29, 0.717) is 0 Å². The SMILES string of the molecule is CCCCCCC(/C=C/c1cccs1)C(=O)c1ccccc1SC. The molecule has 0 aliphatic carbocycles. The van der Waals surface area contributed by atoms with Crippen molar-refractivity contribution in [2.45, 2.75) is 43.9 Å². The van der Waals surface area contributed by atoms with Gasteiger partial charge >= 0.3 is 0 Å². The zero-order valence-electron chi connectivity index (χ0n) is 14.5. The molecule has 24 heavy (non-hydrogen) atoms. The Balaban J connectivity index is 2.15. The first-order valence-electron chi connectivity index (χ1n) is 8.65. The van der Waals surface area contributed by atoms with Gasteiger partial charge in [0.2, 0.25) is 0 Å². The van der Waals surface area contributed by atoms with Gasteiger partial charge in [-0.25, -0.2) is 0 Å². The Morgan fingerprint density at radius 1 is 1.17 bits per heavy atom. The Hall–Kier alpha value is -1.32. The molecule has 0 fully saturated rings. The topological polar surface area (TPSA) is 17.1 Å². The average Bonchev–Trinajstić information content (AvgIpc) is 3.14. The van der Waals surface area contributed by atoms with Gasteiger partial charge in [-0.05, 0) is 36.3 Å². The number of allylic oxidation sites excluding steroid dienone is 1. The van der Waals surface area contributed by atoms with Crippen molar-refractivity contribution in [1.29, 1.82) is 0 Å². The molecule has 3 heteroatoms. The molecule has 1 aromatic carbocycles. The predicted molar refractivity (Wildman–Crippen MR) is 108 cm³/mol. The van der Waals surface area contributed by atoms with Gasteiger partial charge in [-0.15, -0.1) is 23.1 Å². The van der Waals surface area contributed by atoms with Crippen molar-refractivity contribution < 1.29 is 4.79 Å². The van der Waals surface area contributed by atoms with Gasteiger partial charge in [-0.2, -0.15) is 0 Å². The van der Waals surface area contributed by atoms with E-state index in [1.54, 1.807) is 23.1 Å². The fourth-order valence-electron chi connectivity index (χ4n) is 2.75. The van der Waals surface area contributed by atoms with Gasteiger partial charge in [0.1, 0.15) is 0 Å². The Bertz CT molecular complexity index is 644. The molecule has 0 aliphatic heterocycles. The van der Waals surface area contributed by atoms with Crippen LogP contribution in [0.2, 0.25) is 0 Å². The third-order valence-electron chi connectivity index (χ3n) is 4.11. The van der Waals surface area contributed by atoms with Gasteiger partial charge in [0.05, 0.1) is 0 Å². The molecule has 1 atom stereocenters. The summed E-state index contributed by atoms with van der Waals surface area (Å²) in [6.07, 6.45) is 12.0. The molecule has 0 N–H and O–H groups in total. The standard InChI is InChI=1S/C21H26OS2/c1-3-4-5-6-10-17(14-15-18-11-9-16-24-18)21(22)19-12-7-8-13-20(19)23-2/h7-9,11-17H,3-6,10H2,1-2H3/b15-14+. The highest BCUT2D eigenvalue weighted by atomic mass is 32.2. The van der Waals surface area contributed by atoms with E-state index in [9.17, 15) is 4.79 Å². The van der Waals surface area contributed by atoms with Crippen molar-refractivity contribution >= 4 is 35.0 Å². The molecule has 0 aliphatic rings. The zero-order valence-corrected chi connectivity index (χ0v) is 16.2. The lowest BCUT2D eigenvalue weighted by Crippen LogP contribution is -2.13. The Labute approximate surface area is 154 Å². The first-order valence-corrected chi connectivity index (χ1v) is 10.8. The summed E-state index contributed by atoms with van der Waals surface area (Å²) in [5.74, 6) is 0.224. The first kappa shape index (κ1) is 19.0. The predicted octanol–water partition coefficient (Wildman–Crippen LogP) is 6.95. The first-order chi connectivity index (χ1) is 11.8. The monoisotopic (exact) mass is 358 g/mol. The van der Waals surface area contributed by atoms with Crippen LogP contribution in [0.25, 0.3) is 6.08 Å². The van der Waals surface area contributed by atoms with Gasteiger partial charge in [0, 0.05) is 21.3 Å². The molecule has 2 aromatic rings. The minimum Gasteiger partial charge on any atom is -0.293 e.